The minimum Gasteiger partial charge on any atom is -0.369 e. The van der Waals surface area contributed by atoms with Gasteiger partial charge in [-0.25, -0.2) is 0 Å². The number of nitrogens with one attached hydrogen (secondary N) is 1. The van der Waals surface area contributed by atoms with Gasteiger partial charge in [0.2, 0.25) is 5.91 Å². The zero-order valence-corrected chi connectivity index (χ0v) is 15.5. The van der Waals surface area contributed by atoms with Crippen molar-refractivity contribution in [3.63, 3.8) is 0 Å². The summed E-state index contributed by atoms with van der Waals surface area (Å²) in [4.78, 5) is 25.7. The van der Waals surface area contributed by atoms with Gasteiger partial charge in [0, 0.05) is 30.0 Å². The number of likely N-dealkylation sites (tertiary alicyclic amines) is 1. The number of carbonyl (C=O) groups is 2. The molecule has 28 heavy (non-hydrogen) atoms. The first kappa shape index (κ1) is 18.0. The highest BCUT2D eigenvalue weighted by Gasteiger charge is 2.26. The Morgan fingerprint density at radius 2 is 1.75 bits per heavy atom. The summed E-state index contributed by atoms with van der Waals surface area (Å²) in [6.45, 7) is 1.14. The average molecular weight is 374 g/mol. The van der Waals surface area contributed by atoms with E-state index in [9.17, 15) is 9.59 Å². The van der Waals surface area contributed by atoms with Gasteiger partial charge in [0.15, 0.2) is 0 Å². The van der Waals surface area contributed by atoms with Crippen molar-refractivity contribution in [1.82, 2.24) is 15.1 Å². The first-order valence-corrected chi connectivity index (χ1v) is 9.41. The van der Waals surface area contributed by atoms with E-state index in [0.717, 1.165) is 22.2 Å². The second-order valence-electron chi connectivity index (χ2n) is 7.08. The largest absolute Gasteiger partial charge is 0.369 e. The summed E-state index contributed by atoms with van der Waals surface area (Å²) in [7, 11) is 0. The molecule has 4 rings (SSSR count). The number of rotatable bonds is 4. The number of fused-ring (bicyclic) bond motifs is 1. The lowest BCUT2D eigenvalue weighted by Crippen LogP contribution is -2.41. The number of nitrogens with two attached hydrogens (primary N) is 1. The molecule has 0 aliphatic carbocycles. The Kier molecular flexibility index (Phi) is 4.93. The van der Waals surface area contributed by atoms with E-state index < -0.39 is 0 Å². The second kappa shape index (κ2) is 7.68. The Hall–Kier alpha value is -3.41. The van der Waals surface area contributed by atoms with Crippen LogP contribution in [0.1, 0.15) is 34.5 Å². The topological polar surface area (TPSA) is 92.1 Å². The maximum atomic E-state index is 12.7. The Morgan fingerprint density at radius 1 is 1.04 bits per heavy atom. The zero-order valence-electron chi connectivity index (χ0n) is 15.5. The Morgan fingerprint density at radius 3 is 2.46 bits per heavy atom. The van der Waals surface area contributed by atoms with E-state index in [4.69, 9.17) is 5.73 Å². The van der Waals surface area contributed by atoms with E-state index in [1.165, 1.54) is 0 Å². The first-order chi connectivity index (χ1) is 13.6. The average Bonchev–Trinajstić information content (AvgIpc) is 3.15. The number of nitrogens with zero attached hydrogens (tertiary/aromatic N) is 2. The van der Waals surface area contributed by atoms with Crippen LogP contribution in [-0.4, -0.2) is 40.0 Å². The molecule has 0 atom stereocenters. The molecule has 2 aromatic carbocycles. The fourth-order valence-corrected chi connectivity index (χ4v) is 3.57. The smallest absolute Gasteiger partial charge is 0.253 e. The molecule has 0 unspecified atom stereocenters. The molecule has 1 aliphatic rings. The molecular weight excluding hydrogens is 352 g/mol. The minimum absolute atomic E-state index is 0.00301. The quantitative estimate of drug-likeness (QED) is 0.735. The SMILES string of the molecule is NC(=O)C1CCN(C(=O)c2ccc(/C=C/c3n[nH]c4ccccc34)cc2)CC1. The number of H-pyrrole nitrogens is 1. The van der Waals surface area contributed by atoms with E-state index >= 15 is 0 Å². The Labute approximate surface area is 163 Å². The van der Waals surface area contributed by atoms with Crippen molar-refractivity contribution in [1.29, 1.82) is 0 Å². The van der Waals surface area contributed by atoms with Gasteiger partial charge in [-0.2, -0.15) is 5.10 Å². The van der Waals surface area contributed by atoms with Gasteiger partial charge >= 0.3 is 0 Å². The number of primary amides is 1. The van der Waals surface area contributed by atoms with Crippen LogP contribution in [0.5, 0.6) is 0 Å². The summed E-state index contributed by atoms with van der Waals surface area (Å²) in [5, 5.41) is 8.42. The normalized spacial score (nSPS) is 15.4. The standard InChI is InChI=1S/C22H22N4O2/c23-21(27)16-11-13-26(14-12-16)22(28)17-8-5-15(6-9-17)7-10-20-18-3-1-2-4-19(18)24-25-20/h1-10,16H,11-14H2,(H2,23,27)(H,24,25)/b10-7+. The van der Waals surface area contributed by atoms with Crippen LogP contribution in [0.4, 0.5) is 0 Å². The molecule has 6 heteroatoms. The number of piperidine rings is 1. The molecule has 0 bridgehead atoms. The number of hydrogen-bond donors (Lipinski definition) is 2. The van der Waals surface area contributed by atoms with Gasteiger partial charge in [-0.1, -0.05) is 36.4 Å². The van der Waals surface area contributed by atoms with E-state index in [1.54, 1.807) is 4.90 Å². The number of hydrogen-bond acceptors (Lipinski definition) is 3. The number of aromatic nitrogens is 2. The monoisotopic (exact) mass is 374 g/mol. The molecule has 1 saturated heterocycles. The van der Waals surface area contributed by atoms with E-state index in [-0.39, 0.29) is 17.7 Å². The fourth-order valence-electron chi connectivity index (χ4n) is 3.57. The molecule has 3 aromatic rings. The third-order valence-corrected chi connectivity index (χ3v) is 5.28. The van der Waals surface area contributed by atoms with Gasteiger partial charge in [-0.05, 0) is 42.7 Å². The van der Waals surface area contributed by atoms with Crippen LogP contribution in [0.3, 0.4) is 0 Å². The zero-order chi connectivity index (χ0) is 19.5. The van der Waals surface area contributed by atoms with Crippen LogP contribution in [0.2, 0.25) is 0 Å². The highest BCUT2D eigenvalue weighted by atomic mass is 16.2. The van der Waals surface area contributed by atoms with Crippen molar-refractivity contribution in [2.24, 2.45) is 11.7 Å². The first-order valence-electron chi connectivity index (χ1n) is 9.41. The van der Waals surface area contributed by atoms with Crippen molar-refractivity contribution in [2.45, 2.75) is 12.8 Å². The van der Waals surface area contributed by atoms with Crippen molar-refractivity contribution in [2.75, 3.05) is 13.1 Å². The highest BCUT2D eigenvalue weighted by Crippen LogP contribution is 2.20. The summed E-state index contributed by atoms with van der Waals surface area (Å²) in [5.74, 6) is -0.389. The molecule has 2 heterocycles. The molecule has 0 spiro atoms. The maximum Gasteiger partial charge on any atom is 0.253 e. The summed E-state index contributed by atoms with van der Waals surface area (Å²) in [6.07, 6.45) is 5.22. The predicted octanol–water partition coefficient (Wildman–Crippen LogP) is 3.07. The summed E-state index contributed by atoms with van der Waals surface area (Å²) < 4.78 is 0. The Bertz CT molecular complexity index is 1030. The van der Waals surface area contributed by atoms with Crippen molar-refractivity contribution < 1.29 is 9.59 Å². The van der Waals surface area contributed by atoms with Crippen LogP contribution in [0.25, 0.3) is 23.1 Å². The number of para-hydroxylation sites is 1. The van der Waals surface area contributed by atoms with Gasteiger partial charge in [0.05, 0.1) is 11.2 Å². The van der Waals surface area contributed by atoms with Gasteiger partial charge in [-0.15, -0.1) is 0 Å². The lowest BCUT2D eigenvalue weighted by atomic mass is 9.96. The highest BCUT2D eigenvalue weighted by molar-refractivity contribution is 5.95. The third kappa shape index (κ3) is 3.67. The number of benzene rings is 2. The summed E-state index contributed by atoms with van der Waals surface area (Å²) in [5.41, 5.74) is 8.89. The summed E-state index contributed by atoms with van der Waals surface area (Å²) >= 11 is 0. The molecule has 142 valence electrons. The summed E-state index contributed by atoms with van der Waals surface area (Å²) in [6, 6.07) is 15.5. The van der Waals surface area contributed by atoms with Crippen molar-refractivity contribution in [3.8, 4) is 0 Å². The van der Waals surface area contributed by atoms with Crippen LogP contribution < -0.4 is 5.73 Å². The molecule has 1 fully saturated rings. The van der Waals surface area contributed by atoms with Crippen LogP contribution in [0, 0.1) is 5.92 Å². The lowest BCUT2D eigenvalue weighted by molar-refractivity contribution is -0.123. The van der Waals surface area contributed by atoms with Crippen LogP contribution in [0.15, 0.2) is 48.5 Å². The van der Waals surface area contributed by atoms with E-state index in [2.05, 4.69) is 10.2 Å². The van der Waals surface area contributed by atoms with E-state index in [1.807, 2.05) is 60.7 Å². The third-order valence-electron chi connectivity index (χ3n) is 5.28. The second-order valence-corrected chi connectivity index (χ2v) is 7.08. The molecule has 2 amide bonds. The minimum atomic E-state index is -0.270. The molecule has 3 N–H and O–H groups in total. The number of carbonyl (C=O) groups excluding carboxylic acids is 2. The predicted molar refractivity (Wildman–Crippen MR) is 109 cm³/mol. The van der Waals surface area contributed by atoms with Gasteiger partial charge < -0.3 is 10.6 Å². The van der Waals surface area contributed by atoms with Crippen molar-refractivity contribution >= 4 is 34.9 Å². The lowest BCUT2D eigenvalue weighted by Gasteiger charge is -2.30. The molecule has 6 nitrogen and oxygen atoms in total. The Balaban J connectivity index is 1.42. The van der Waals surface area contributed by atoms with Crippen molar-refractivity contribution in [3.05, 3.63) is 65.4 Å². The van der Waals surface area contributed by atoms with Crippen LogP contribution >= 0.6 is 0 Å². The van der Waals surface area contributed by atoms with Gasteiger partial charge in [0.25, 0.3) is 5.91 Å². The van der Waals surface area contributed by atoms with Crippen LogP contribution in [-0.2, 0) is 4.79 Å². The number of amides is 2. The molecule has 0 saturated carbocycles. The maximum absolute atomic E-state index is 12.7. The van der Waals surface area contributed by atoms with E-state index in [0.29, 0.717) is 31.5 Å². The molecular formula is C22H22N4O2. The molecule has 1 aliphatic heterocycles. The van der Waals surface area contributed by atoms with Gasteiger partial charge in [0.1, 0.15) is 0 Å². The molecule has 1 aromatic heterocycles. The fraction of sp³-hybridized carbons (Fsp3) is 0.227. The van der Waals surface area contributed by atoms with Gasteiger partial charge in [-0.3, -0.25) is 14.7 Å². The number of aromatic amines is 1. The molecule has 0 radical (unpaired) electrons.